The predicted molar refractivity (Wildman–Crippen MR) is 82.3 cm³/mol. The van der Waals surface area contributed by atoms with E-state index in [0.717, 1.165) is 15.9 Å². The van der Waals surface area contributed by atoms with Gasteiger partial charge in [0.2, 0.25) is 0 Å². The van der Waals surface area contributed by atoms with Gasteiger partial charge in [-0.25, -0.2) is 4.39 Å². The normalized spacial score (nSPS) is 12.7. The van der Waals surface area contributed by atoms with Gasteiger partial charge in [0.1, 0.15) is 5.82 Å². The van der Waals surface area contributed by atoms with E-state index in [0.29, 0.717) is 12.1 Å². The lowest BCUT2D eigenvalue weighted by Gasteiger charge is -2.13. The van der Waals surface area contributed by atoms with Crippen LogP contribution in [0.15, 0.2) is 47.1 Å². The zero-order valence-corrected chi connectivity index (χ0v) is 13.0. The first-order chi connectivity index (χ1) is 10.1. The second-order valence-electron chi connectivity index (χ2n) is 4.83. The summed E-state index contributed by atoms with van der Waals surface area (Å²) < 4.78 is 16.5. The fraction of sp³-hybridized carbons (Fsp3) is 0.200. The summed E-state index contributed by atoms with van der Waals surface area (Å²) in [5, 5.41) is 11.6. The number of nitrogens with one attached hydrogen (secondary N) is 1. The average Bonchev–Trinajstić information content (AvgIpc) is 2.92. The van der Waals surface area contributed by atoms with Gasteiger partial charge in [0.05, 0.1) is 6.04 Å². The Hall–Kier alpha value is -1.79. The molecule has 0 amide bonds. The molecule has 0 saturated heterocycles. The lowest BCUT2D eigenvalue weighted by Crippen LogP contribution is -2.21. The smallest absolute Gasteiger partial charge is 0.160 e. The van der Waals surface area contributed by atoms with Crippen LogP contribution in [-0.4, -0.2) is 14.6 Å². The Morgan fingerprint density at radius 1 is 1.29 bits per heavy atom. The van der Waals surface area contributed by atoms with Gasteiger partial charge in [-0.3, -0.25) is 4.40 Å². The molecule has 2 heterocycles. The molecule has 0 aliphatic heterocycles. The van der Waals surface area contributed by atoms with Crippen molar-refractivity contribution in [2.75, 3.05) is 0 Å². The van der Waals surface area contributed by atoms with Gasteiger partial charge in [0.25, 0.3) is 0 Å². The summed E-state index contributed by atoms with van der Waals surface area (Å²) in [5.41, 5.74) is 1.42. The monoisotopic (exact) mass is 348 g/mol. The van der Waals surface area contributed by atoms with Gasteiger partial charge in [0.15, 0.2) is 11.5 Å². The molecular formula is C15H14BrFN4. The molecule has 0 saturated carbocycles. The molecule has 3 aromatic rings. The van der Waals surface area contributed by atoms with Gasteiger partial charge in [0, 0.05) is 22.8 Å². The lowest BCUT2D eigenvalue weighted by atomic mass is 10.2. The largest absolute Gasteiger partial charge is 0.303 e. The number of pyridine rings is 1. The van der Waals surface area contributed by atoms with Crippen LogP contribution < -0.4 is 5.32 Å². The Balaban J connectivity index is 1.77. The van der Waals surface area contributed by atoms with Gasteiger partial charge in [-0.1, -0.05) is 22.0 Å². The van der Waals surface area contributed by atoms with Crippen molar-refractivity contribution < 1.29 is 4.39 Å². The van der Waals surface area contributed by atoms with E-state index in [9.17, 15) is 4.39 Å². The first-order valence-electron chi connectivity index (χ1n) is 6.62. The maximum absolute atomic E-state index is 13.7. The van der Waals surface area contributed by atoms with Crippen molar-refractivity contribution in [1.82, 2.24) is 19.9 Å². The van der Waals surface area contributed by atoms with Crippen LogP contribution in [0.3, 0.4) is 0 Å². The van der Waals surface area contributed by atoms with Gasteiger partial charge < -0.3 is 5.32 Å². The van der Waals surface area contributed by atoms with Crippen LogP contribution in [0.4, 0.5) is 4.39 Å². The molecule has 4 nitrogen and oxygen atoms in total. The zero-order chi connectivity index (χ0) is 14.8. The summed E-state index contributed by atoms with van der Waals surface area (Å²) in [7, 11) is 0. The topological polar surface area (TPSA) is 42.2 Å². The highest BCUT2D eigenvalue weighted by molar-refractivity contribution is 9.10. The average molecular weight is 349 g/mol. The van der Waals surface area contributed by atoms with Crippen LogP contribution in [0.2, 0.25) is 0 Å². The minimum atomic E-state index is -0.219. The Morgan fingerprint density at radius 3 is 3.00 bits per heavy atom. The predicted octanol–water partition coefficient (Wildman–Crippen LogP) is 3.48. The highest BCUT2D eigenvalue weighted by Gasteiger charge is 2.13. The van der Waals surface area contributed by atoms with Crippen LogP contribution in [0.5, 0.6) is 0 Å². The minimum Gasteiger partial charge on any atom is -0.303 e. The number of halogens is 2. The van der Waals surface area contributed by atoms with E-state index in [4.69, 9.17) is 0 Å². The van der Waals surface area contributed by atoms with Crippen molar-refractivity contribution in [2.24, 2.45) is 0 Å². The quantitative estimate of drug-likeness (QED) is 0.784. The number of hydrogen-bond acceptors (Lipinski definition) is 3. The maximum atomic E-state index is 13.7. The molecule has 1 N–H and O–H groups in total. The van der Waals surface area contributed by atoms with Gasteiger partial charge in [-0.2, -0.15) is 0 Å². The Labute approximate surface area is 130 Å². The van der Waals surface area contributed by atoms with Crippen LogP contribution >= 0.6 is 15.9 Å². The molecule has 0 spiro atoms. The minimum absolute atomic E-state index is 0.0409. The van der Waals surface area contributed by atoms with Gasteiger partial charge in [-0.15, -0.1) is 10.2 Å². The molecule has 2 aromatic heterocycles. The van der Waals surface area contributed by atoms with E-state index in [2.05, 4.69) is 31.4 Å². The van der Waals surface area contributed by atoms with Crippen molar-refractivity contribution in [3.05, 3.63) is 64.3 Å². The molecular weight excluding hydrogens is 335 g/mol. The number of fused-ring (bicyclic) bond motifs is 1. The summed E-state index contributed by atoms with van der Waals surface area (Å²) in [4.78, 5) is 0. The SMILES string of the molecule is CC(NCc1cc(Br)ccc1F)c1nnc2ccccn12. The Bertz CT molecular complexity index is 771. The van der Waals surface area contributed by atoms with Crippen LogP contribution in [0.25, 0.3) is 5.65 Å². The molecule has 0 aliphatic carbocycles. The second kappa shape index (κ2) is 5.91. The van der Waals surface area contributed by atoms with Crippen molar-refractivity contribution in [3.8, 4) is 0 Å². The van der Waals surface area contributed by atoms with E-state index in [1.54, 1.807) is 12.1 Å². The summed E-state index contributed by atoms with van der Waals surface area (Å²) in [6, 6.07) is 10.6. The summed E-state index contributed by atoms with van der Waals surface area (Å²) in [6.07, 6.45) is 1.92. The molecule has 21 heavy (non-hydrogen) atoms. The lowest BCUT2D eigenvalue weighted by molar-refractivity contribution is 0.522. The van der Waals surface area contributed by atoms with E-state index in [-0.39, 0.29) is 11.9 Å². The van der Waals surface area contributed by atoms with E-state index >= 15 is 0 Å². The van der Waals surface area contributed by atoms with Crippen LogP contribution in [0.1, 0.15) is 24.4 Å². The highest BCUT2D eigenvalue weighted by Crippen LogP contribution is 2.17. The van der Waals surface area contributed by atoms with Crippen LogP contribution in [-0.2, 0) is 6.54 Å². The molecule has 108 valence electrons. The van der Waals surface area contributed by atoms with E-state index in [1.165, 1.54) is 6.07 Å². The van der Waals surface area contributed by atoms with Crippen molar-refractivity contribution in [3.63, 3.8) is 0 Å². The molecule has 1 unspecified atom stereocenters. The standard InChI is InChI=1S/C15H14BrFN4/c1-10(15-20-19-14-4-2-3-7-21(14)15)18-9-11-8-12(16)5-6-13(11)17/h2-8,10,18H,9H2,1H3. The number of aromatic nitrogens is 3. The molecule has 1 aromatic carbocycles. The van der Waals surface area contributed by atoms with Crippen molar-refractivity contribution in [1.29, 1.82) is 0 Å². The van der Waals surface area contributed by atoms with E-state index < -0.39 is 0 Å². The van der Waals surface area contributed by atoms with E-state index in [1.807, 2.05) is 35.7 Å². The first kappa shape index (κ1) is 14.2. The molecule has 3 rings (SSSR count). The summed E-state index contributed by atoms with van der Waals surface area (Å²) in [6.45, 7) is 2.41. The van der Waals surface area contributed by atoms with Crippen molar-refractivity contribution >= 4 is 21.6 Å². The molecule has 6 heteroatoms. The molecule has 0 aliphatic rings. The first-order valence-corrected chi connectivity index (χ1v) is 7.41. The summed E-state index contributed by atoms with van der Waals surface area (Å²) >= 11 is 3.35. The van der Waals surface area contributed by atoms with Crippen LogP contribution in [0, 0.1) is 5.82 Å². The number of nitrogens with zero attached hydrogens (tertiary/aromatic N) is 3. The highest BCUT2D eigenvalue weighted by atomic mass is 79.9. The number of hydrogen-bond donors (Lipinski definition) is 1. The number of benzene rings is 1. The van der Waals surface area contributed by atoms with Gasteiger partial charge >= 0.3 is 0 Å². The molecule has 1 atom stereocenters. The fourth-order valence-electron chi connectivity index (χ4n) is 2.19. The fourth-order valence-corrected chi connectivity index (χ4v) is 2.60. The third kappa shape index (κ3) is 2.96. The van der Waals surface area contributed by atoms with Gasteiger partial charge in [-0.05, 0) is 37.3 Å². The number of rotatable bonds is 4. The molecule has 0 radical (unpaired) electrons. The molecule has 0 fully saturated rings. The zero-order valence-electron chi connectivity index (χ0n) is 11.4. The second-order valence-corrected chi connectivity index (χ2v) is 5.74. The molecule has 0 bridgehead atoms. The van der Waals surface area contributed by atoms with Crippen molar-refractivity contribution in [2.45, 2.75) is 19.5 Å². The third-order valence-corrected chi connectivity index (χ3v) is 3.83. The Morgan fingerprint density at radius 2 is 2.14 bits per heavy atom. The Kier molecular flexibility index (Phi) is 3.98. The summed E-state index contributed by atoms with van der Waals surface area (Å²) in [5.74, 6) is 0.588. The maximum Gasteiger partial charge on any atom is 0.160 e. The third-order valence-electron chi connectivity index (χ3n) is 3.33.